The molecule has 0 spiro atoms. The van der Waals surface area contributed by atoms with Crippen molar-refractivity contribution in [3.8, 4) is 0 Å². The van der Waals surface area contributed by atoms with Gasteiger partial charge in [-0.25, -0.2) is 9.97 Å². The Morgan fingerprint density at radius 3 is 2.48 bits per heavy atom. The summed E-state index contributed by atoms with van der Waals surface area (Å²) in [6.45, 7) is 3.52. The third-order valence-corrected chi connectivity index (χ3v) is 5.97. The van der Waals surface area contributed by atoms with Gasteiger partial charge >= 0.3 is 5.97 Å². The van der Waals surface area contributed by atoms with Gasteiger partial charge in [0.05, 0.1) is 5.52 Å². The Labute approximate surface area is 195 Å². The zero-order chi connectivity index (χ0) is 23.7. The highest BCUT2D eigenvalue weighted by Gasteiger charge is 2.14. The topological polar surface area (TPSA) is 118 Å². The quantitative estimate of drug-likeness (QED) is 0.291. The number of carbonyl (C=O) groups is 2. The van der Waals surface area contributed by atoms with E-state index in [1.807, 2.05) is 44.2 Å². The number of rotatable bonds is 6. The summed E-state index contributed by atoms with van der Waals surface area (Å²) in [5, 5.41) is 13.4. The molecule has 4 rings (SSSR count). The third kappa shape index (κ3) is 4.73. The lowest BCUT2D eigenvalue weighted by atomic mass is 9.98. The number of pyridine rings is 2. The van der Waals surface area contributed by atoms with E-state index in [9.17, 15) is 9.59 Å². The Hall–Kier alpha value is -3.71. The summed E-state index contributed by atoms with van der Waals surface area (Å²) in [4.78, 5) is 31.8. The third-order valence-electron chi connectivity index (χ3n) is 5.64. The molecule has 0 aliphatic heterocycles. The maximum atomic E-state index is 12.1. The van der Waals surface area contributed by atoms with Crippen LogP contribution in [-0.4, -0.2) is 33.5 Å². The summed E-state index contributed by atoms with van der Waals surface area (Å²) in [5.41, 5.74) is 12.0. The largest absolute Gasteiger partial charge is 0.480 e. The van der Waals surface area contributed by atoms with Gasteiger partial charge in [-0.1, -0.05) is 29.8 Å². The van der Waals surface area contributed by atoms with Crippen LogP contribution in [0.3, 0.4) is 0 Å². The molecule has 8 heteroatoms. The van der Waals surface area contributed by atoms with Crippen molar-refractivity contribution in [2.45, 2.75) is 26.7 Å². The standard InChI is InChI=1S/C25H23ClN4O3/c1-13-3-8-18-19-11-16(23(26)30-22(19)24(27)29-20(18)9-13)6-4-15-5-7-17(10-14(15)2)25(33)28-12-21(31)32/h3,5,7-11H,4,6,12H2,1-2H3,(H2,27,29)(H,28,33)(H,31,32). The van der Waals surface area contributed by atoms with E-state index < -0.39 is 18.4 Å². The molecule has 0 saturated carbocycles. The first kappa shape index (κ1) is 22.5. The summed E-state index contributed by atoms with van der Waals surface area (Å²) in [5.74, 6) is -1.15. The Kier molecular flexibility index (Phi) is 6.16. The molecule has 7 nitrogen and oxygen atoms in total. The summed E-state index contributed by atoms with van der Waals surface area (Å²) < 4.78 is 0. The number of anilines is 1. The van der Waals surface area contributed by atoms with Crippen LogP contribution in [0.4, 0.5) is 5.82 Å². The second-order valence-electron chi connectivity index (χ2n) is 8.07. The van der Waals surface area contributed by atoms with Crippen LogP contribution in [-0.2, 0) is 17.6 Å². The predicted octanol–water partition coefficient (Wildman–Crippen LogP) is 4.24. The molecule has 0 saturated heterocycles. The van der Waals surface area contributed by atoms with Gasteiger partial charge in [0.15, 0.2) is 5.82 Å². The summed E-state index contributed by atoms with van der Waals surface area (Å²) in [6, 6.07) is 13.4. The van der Waals surface area contributed by atoms with E-state index >= 15 is 0 Å². The molecule has 168 valence electrons. The normalized spacial score (nSPS) is 11.1. The van der Waals surface area contributed by atoms with E-state index in [4.69, 9.17) is 22.4 Å². The van der Waals surface area contributed by atoms with Crippen LogP contribution >= 0.6 is 11.6 Å². The number of aliphatic carboxylic acids is 1. The molecule has 1 amide bonds. The first-order chi connectivity index (χ1) is 15.7. The molecule has 0 bridgehead atoms. The average Bonchev–Trinajstić information content (AvgIpc) is 2.77. The number of halogens is 1. The number of fused-ring (bicyclic) bond motifs is 3. The Balaban J connectivity index is 1.60. The van der Waals surface area contributed by atoms with Crippen molar-refractivity contribution in [3.63, 3.8) is 0 Å². The zero-order valence-electron chi connectivity index (χ0n) is 18.3. The van der Waals surface area contributed by atoms with E-state index in [0.717, 1.165) is 38.5 Å². The first-order valence-electron chi connectivity index (χ1n) is 10.5. The maximum Gasteiger partial charge on any atom is 0.322 e. The van der Waals surface area contributed by atoms with Crippen LogP contribution in [0.15, 0.2) is 42.5 Å². The van der Waals surface area contributed by atoms with E-state index in [-0.39, 0.29) is 0 Å². The Morgan fingerprint density at radius 2 is 1.76 bits per heavy atom. The number of carbonyl (C=O) groups excluding carboxylic acids is 1. The van der Waals surface area contributed by atoms with Crippen LogP contribution in [0.5, 0.6) is 0 Å². The van der Waals surface area contributed by atoms with Gasteiger partial charge in [-0.15, -0.1) is 0 Å². The number of aryl methyl sites for hydroxylation is 4. The fraction of sp³-hybridized carbons (Fsp3) is 0.200. The lowest BCUT2D eigenvalue weighted by Gasteiger charge is -2.12. The molecule has 0 radical (unpaired) electrons. The number of benzene rings is 2. The minimum Gasteiger partial charge on any atom is -0.480 e. The number of nitrogens with zero attached hydrogens (tertiary/aromatic N) is 2. The zero-order valence-corrected chi connectivity index (χ0v) is 19.0. The van der Waals surface area contributed by atoms with Crippen LogP contribution in [0, 0.1) is 13.8 Å². The lowest BCUT2D eigenvalue weighted by Crippen LogP contribution is -2.29. The van der Waals surface area contributed by atoms with Crippen molar-refractivity contribution in [2.24, 2.45) is 0 Å². The van der Waals surface area contributed by atoms with Crippen molar-refractivity contribution in [1.29, 1.82) is 0 Å². The number of hydrogen-bond donors (Lipinski definition) is 3. The van der Waals surface area contributed by atoms with Crippen LogP contribution in [0.1, 0.15) is 32.6 Å². The molecule has 4 aromatic rings. The molecule has 2 aromatic heterocycles. The summed E-state index contributed by atoms with van der Waals surface area (Å²) >= 11 is 6.49. The van der Waals surface area contributed by atoms with Crippen LogP contribution in [0.25, 0.3) is 21.8 Å². The molecular formula is C25H23ClN4O3. The summed E-state index contributed by atoms with van der Waals surface area (Å²) in [7, 11) is 0. The van der Waals surface area contributed by atoms with E-state index in [0.29, 0.717) is 34.9 Å². The van der Waals surface area contributed by atoms with E-state index in [2.05, 4.69) is 15.3 Å². The molecule has 0 aliphatic carbocycles. The Morgan fingerprint density at radius 1 is 1.00 bits per heavy atom. The van der Waals surface area contributed by atoms with Gasteiger partial charge in [-0.2, -0.15) is 0 Å². The number of amides is 1. The Bertz CT molecular complexity index is 1420. The lowest BCUT2D eigenvalue weighted by molar-refractivity contribution is -0.135. The molecule has 0 atom stereocenters. The maximum absolute atomic E-state index is 12.1. The van der Waals surface area contributed by atoms with E-state index in [1.54, 1.807) is 12.1 Å². The number of carboxylic acids is 1. The minimum atomic E-state index is -1.09. The minimum absolute atomic E-state index is 0.351. The van der Waals surface area contributed by atoms with Gasteiger partial charge in [0.25, 0.3) is 5.91 Å². The molecule has 2 heterocycles. The number of carboxylic acid groups (broad SMARTS) is 1. The highest BCUT2D eigenvalue weighted by atomic mass is 35.5. The average molecular weight is 463 g/mol. The molecule has 0 unspecified atom stereocenters. The van der Waals surface area contributed by atoms with Gasteiger partial charge in [-0.05, 0) is 73.2 Å². The highest BCUT2D eigenvalue weighted by Crippen LogP contribution is 2.31. The van der Waals surface area contributed by atoms with Crippen molar-refractivity contribution >= 4 is 51.1 Å². The SMILES string of the molecule is Cc1ccc2c(c1)nc(N)c1nc(Cl)c(CCc3ccc(C(=O)NCC(=O)O)cc3C)cc12. The van der Waals surface area contributed by atoms with Crippen molar-refractivity contribution in [1.82, 2.24) is 15.3 Å². The van der Waals surface area contributed by atoms with E-state index in [1.165, 1.54) is 0 Å². The van der Waals surface area contributed by atoms with Gasteiger partial charge in [0.2, 0.25) is 0 Å². The number of nitrogens with two attached hydrogens (primary N) is 1. The van der Waals surface area contributed by atoms with Crippen LogP contribution < -0.4 is 11.1 Å². The van der Waals surface area contributed by atoms with Gasteiger partial charge in [0.1, 0.15) is 17.2 Å². The number of aromatic nitrogens is 2. The molecular weight excluding hydrogens is 440 g/mol. The van der Waals surface area contributed by atoms with Gasteiger partial charge in [-0.3, -0.25) is 9.59 Å². The summed E-state index contributed by atoms with van der Waals surface area (Å²) in [6.07, 6.45) is 1.36. The molecule has 0 fully saturated rings. The second kappa shape index (κ2) is 9.03. The number of nitrogen functional groups attached to an aromatic ring is 1. The van der Waals surface area contributed by atoms with Crippen LogP contribution in [0.2, 0.25) is 5.15 Å². The van der Waals surface area contributed by atoms with Crippen molar-refractivity contribution < 1.29 is 14.7 Å². The predicted molar refractivity (Wildman–Crippen MR) is 130 cm³/mol. The fourth-order valence-corrected chi connectivity index (χ4v) is 4.13. The highest BCUT2D eigenvalue weighted by molar-refractivity contribution is 6.31. The molecule has 4 N–H and O–H groups in total. The van der Waals surface area contributed by atoms with Crippen molar-refractivity contribution in [2.75, 3.05) is 12.3 Å². The molecule has 0 aliphatic rings. The second-order valence-corrected chi connectivity index (χ2v) is 8.43. The fourth-order valence-electron chi connectivity index (χ4n) is 3.90. The monoisotopic (exact) mass is 462 g/mol. The van der Waals surface area contributed by atoms with Crippen molar-refractivity contribution in [3.05, 3.63) is 75.4 Å². The van der Waals surface area contributed by atoms with Gasteiger partial charge < -0.3 is 16.2 Å². The van der Waals surface area contributed by atoms with Gasteiger partial charge in [0, 0.05) is 16.3 Å². The smallest absolute Gasteiger partial charge is 0.322 e. The molecule has 33 heavy (non-hydrogen) atoms. The molecule has 2 aromatic carbocycles. The first-order valence-corrected chi connectivity index (χ1v) is 10.8. The number of nitrogens with one attached hydrogen (secondary N) is 1. The number of hydrogen-bond acceptors (Lipinski definition) is 5.